The van der Waals surface area contributed by atoms with E-state index < -0.39 is 6.10 Å². The van der Waals surface area contributed by atoms with E-state index in [9.17, 15) is 5.11 Å². The molecule has 0 saturated carbocycles. The Balaban J connectivity index is 1.60. The van der Waals surface area contributed by atoms with Crippen molar-refractivity contribution in [2.45, 2.75) is 26.0 Å². The summed E-state index contributed by atoms with van der Waals surface area (Å²) in [6.07, 6.45) is 5.61. The van der Waals surface area contributed by atoms with Crippen molar-refractivity contribution in [2.24, 2.45) is 4.99 Å². The first-order chi connectivity index (χ1) is 13.8. The topological polar surface area (TPSA) is 74.5 Å². The lowest BCUT2D eigenvalue weighted by Crippen LogP contribution is -2.38. The van der Waals surface area contributed by atoms with Gasteiger partial charge in [0.1, 0.15) is 0 Å². The second-order valence-electron chi connectivity index (χ2n) is 6.44. The third-order valence-corrected chi connectivity index (χ3v) is 4.42. The van der Waals surface area contributed by atoms with Gasteiger partial charge in [0, 0.05) is 25.5 Å². The number of nitrogens with one attached hydrogen (secondary N) is 2. The Hall–Kier alpha value is -3.12. The fourth-order valence-electron chi connectivity index (χ4n) is 2.97. The number of aliphatic hydroxyl groups is 1. The lowest BCUT2D eigenvalue weighted by atomic mass is 10.1. The first kappa shape index (κ1) is 19.6. The van der Waals surface area contributed by atoms with E-state index in [4.69, 9.17) is 4.99 Å². The van der Waals surface area contributed by atoms with Gasteiger partial charge in [-0.15, -0.1) is 0 Å². The van der Waals surface area contributed by atoms with Gasteiger partial charge in [-0.3, -0.25) is 0 Å². The molecular weight excluding hydrogens is 350 g/mol. The fraction of sp³-hybridized carbons (Fsp3) is 0.273. The SMILES string of the molecule is CCNC(=NCc1ccccc1-n1ccnc1)NCCC(O)c1ccccc1. The van der Waals surface area contributed by atoms with Gasteiger partial charge >= 0.3 is 0 Å². The Morgan fingerprint density at radius 1 is 1.11 bits per heavy atom. The predicted molar refractivity (Wildman–Crippen MR) is 112 cm³/mol. The molecule has 0 fully saturated rings. The number of aromatic nitrogens is 2. The molecule has 2 aromatic carbocycles. The average Bonchev–Trinajstić information content (AvgIpc) is 3.27. The molecule has 28 heavy (non-hydrogen) atoms. The molecule has 3 aromatic rings. The molecule has 6 nitrogen and oxygen atoms in total. The molecule has 0 aliphatic heterocycles. The highest BCUT2D eigenvalue weighted by Crippen LogP contribution is 2.16. The number of benzene rings is 2. The van der Waals surface area contributed by atoms with Crippen LogP contribution in [0.2, 0.25) is 0 Å². The molecule has 0 radical (unpaired) electrons. The maximum absolute atomic E-state index is 10.3. The minimum Gasteiger partial charge on any atom is -0.388 e. The summed E-state index contributed by atoms with van der Waals surface area (Å²) >= 11 is 0. The van der Waals surface area contributed by atoms with Crippen LogP contribution in [0.4, 0.5) is 0 Å². The minimum atomic E-state index is -0.487. The van der Waals surface area contributed by atoms with Crippen molar-refractivity contribution < 1.29 is 5.11 Å². The summed E-state index contributed by atoms with van der Waals surface area (Å²) in [5, 5.41) is 16.9. The second kappa shape index (κ2) is 10.3. The maximum atomic E-state index is 10.3. The number of hydrogen-bond acceptors (Lipinski definition) is 3. The van der Waals surface area contributed by atoms with E-state index >= 15 is 0 Å². The summed E-state index contributed by atoms with van der Waals surface area (Å²) in [4.78, 5) is 8.83. The van der Waals surface area contributed by atoms with Crippen molar-refractivity contribution in [3.8, 4) is 5.69 Å². The standard InChI is InChI=1S/C22H27N5O/c1-2-24-22(25-13-12-21(28)18-8-4-3-5-9-18)26-16-19-10-6-7-11-20(19)27-15-14-23-17-27/h3-11,14-15,17,21,28H,2,12-13,16H2,1H3,(H2,24,25,26). The molecular formula is C22H27N5O. The van der Waals surface area contributed by atoms with Crippen LogP contribution < -0.4 is 10.6 Å². The summed E-state index contributed by atoms with van der Waals surface area (Å²) in [7, 11) is 0. The van der Waals surface area contributed by atoms with Crippen molar-refractivity contribution in [2.75, 3.05) is 13.1 Å². The number of aliphatic imine (C=N–C) groups is 1. The first-order valence-electron chi connectivity index (χ1n) is 9.59. The smallest absolute Gasteiger partial charge is 0.191 e. The molecule has 1 aromatic heterocycles. The molecule has 1 atom stereocenters. The second-order valence-corrected chi connectivity index (χ2v) is 6.44. The predicted octanol–water partition coefficient (Wildman–Crippen LogP) is 3.05. The van der Waals surface area contributed by atoms with Crippen LogP contribution in [0.15, 0.2) is 78.3 Å². The normalized spacial score (nSPS) is 12.6. The molecule has 0 amide bonds. The van der Waals surface area contributed by atoms with Crippen molar-refractivity contribution in [1.29, 1.82) is 0 Å². The van der Waals surface area contributed by atoms with E-state index in [0.29, 0.717) is 19.5 Å². The van der Waals surface area contributed by atoms with Crippen molar-refractivity contribution in [3.05, 3.63) is 84.4 Å². The highest BCUT2D eigenvalue weighted by molar-refractivity contribution is 5.79. The molecule has 0 bridgehead atoms. The highest BCUT2D eigenvalue weighted by atomic mass is 16.3. The monoisotopic (exact) mass is 377 g/mol. The number of nitrogens with zero attached hydrogens (tertiary/aromatic N) is 3. The van der Waals surface area contributed by atoms with Gasteiger partial charge in [0.05, 0.1) is 24.7 Å². The minimum absolute atomic E-state index is 0.487. The lowest BCUT2D eigenvalue weighted by Gasteiger charge is -2.15. The Labute approximate surface area is 166 Å². The number of hydrogen-bond donors (Lipinski definition) is 3. The zero-order chi connectivity index (χ0) is 19.6. The number of rotatable bonds is 8. The van der Waals surface area contributed by atoms with Crippen LogP contribution in [0.3, 0.4) is 0 Å². The Morgan fingerprint density at radius 2 is 1.89 bits per heavy atom. The van der Waals surface area contributed by atoms with Gasteiger partial charge < -0.3 is 20.3 Å². The van der Waals surface area contributed by atoms with E-state index in [2.05, 4.69) is 27.8 Å². The third kappa shape index (κ3) is 5.44. The molecule has 0 aliphatic carbocycles. The fourth-order valence-corrected chi connectivity index (χ4v) is 2.97. The van der Waals surface area contributed by atoms with E-state index in [0.717, 1.165) is 29.3 Å². The van der Waals surface area contributed by atoms with Crippen molar-refractivity contribution >= 4 is 5.96 Å². The molecule has 1 unspecified atom stereocenters. The number of imidazole rings is 1. The van der Waals surface area contributed by atoms with Crippen LogP contribution in [0.5, 0.6) is 0 Å². The number of aliphatic hydroxyl groups excluding tert-OH is 1. The van der Waals surface area contributed by atoms with Crippen LogP contribution in [0, 0.1) is 0 Å². The van der Waals surface area contributed by atoms with Crippen LogP contribution >= 0.6 is 0 Å². The summed E-state index contributed by atoms with van der Waals surface area (Å²) < 4.78 is 1.99. The quantitative estimate of drug-likeness (QED) is 0.417. The first-order valence-corrected chi connectivity index (χ1v) is 9.59. The van der Waals surface area contributed by atoms with E-state index in [1.165, 1.54) is 0 Å². The molecule has 0 spiro atoms. The molecule has 3 N–H and O–H groups in total. The van der Waals surface area contributed by atoms with Crippen LogP contribution in [-0.2, 0) is 6.54 Å². The molecule has 1 heterocycles. The number of guanidine groups is 1. The Bertz CT molecular complexity index is 862. The van der Waals surface area contributed by atoms with Crippen LogP contribution in [0.25, 0.3) is 5.69 Å². The average molecular weight is 377 g/mol. The van der Waals surface area contributed by atoms with Crippen molar-refractivity contribution in [1.82, 2.24) is 20.2 Å². The number of para-hydroxylation sites is 1. The van der Waals surface area contributed by atoms with Gasteiger partial charge in [-0.1, -0.05) is 48.5 Å². The molecule has 0 saturated heterocycles. The summed E-state index contributed by atoms with van der Waals surface area (Å²) in [5.41, 5.74) is 3.11. The van der Waals surface area contributed by atoms with Gasteiger partial charge in [0.15, 0.2) is 5.96 Å². The largest absolute Gasteiger partial charge is 0.388 e. The summed E-state index contributed by atoms with van der Waals surface area (Å²) in [6, 6.07) is 17.9. The highest BCUT2D eigenvalue weighted by Gasteiger charge is 2.08. The van der Waals surface area contributed by atoms with Gasteiger partial charge in [-0.25, -0.2) is 9.98 Å². The Morgan fingerprint density at radius 3 is 2.64 bits per heavy atom. The molecule has 0 aliphatic rings. The Kier molecular flexibility index (Phi) is 7.21. The van der Waals surface area contributed by atoms with E-state index in [-0.39, 0.29) is 0 Å². The van der Waals surface area contributed by atoms with Gasteiger partial charge in [0.2, 0.25) is 0 Å². The third-order valence-electron chi connectivity index (χ3n) is 4.42. The van der Waals surface area contributed by atoms with Gasteiger partial charge in [-0.05, 0) is 30.5 Å². The zero-order valence-corrected chi connectivity index (χ0v) is 16.1. The van der Waals surface area contributed by atoms with Crippen LogP contribution in [-0.4, -0.2) is 33.7 Å². The van der Waals surface area contributed by atoms with Crippen LogP contribution in [0.1, 0.15) is 30.6 Å². The zero-order valence-electron chi connectivity index (χ0n) is 16.1. The summed E-state index contributed by atoms with van der Waals surface area (Å²) in [6.45, 7) is 3.99. The van der Waals surface area contributed by atoms with Gasteiger partial charge in [0.25, 0.3) is 0 Å². The van der Waals surface area contributed by atoms with Crippen molar-refractivity contribution in [3.63, 3.8) is 0 Å². The van der Waals surface area contributed by atoms with E-state index in [1.54, 1.807) is 12.5 Å². The van der Waals surface area contributed by atoms with Gasteiger partial charge in [-0.2, -0.15) is 0 Å². The molecule has 146 valence electrons. The molecule has 6 heteroatoms. The summed E-state index contributed by atoms with van der Waals surface area (Å²) in [5.74, 6) is 0.739. The molecule has 3 rings (SSSR count). The van der Waals surface area contributed by atoms with E-state index in [1.807, 2.05) is 60.2 Å². The maximum Gasteiger partial charge on any atom is 0.191 e. The lowest BCUT2D eigenvalue weighted by molar-refractivity contribution is 0.168.